The molecular weight excluding hydrogens is 456 g/mol. The van der Waals surface area contributed by atoms with Crippen LogP contribution in [0.1, 0.15) is 36.0 Å². The van der Waals surface area contributed by atoms with Gasteiger partial charge in [-0.15, -0.1) is 0 Å². The molecule has 2 aromatic rings. The number of hydrogen-bond donors (Lipinski definition) is 1. The summed E-state index contributed by atoms with van der Waals surface area (Å²) < 4.78 is 44.2. The zero-order valence-electron chi connectivity index (χ0n) is 17.7. The van der Waals surface area contributed by atoms with Crippen LogP contribution in [-0.2, 0) is 10.0 Å². The average Bonchev–Trinajstić information content (AvgIpc) is 3.05. The van der Waals surface area contributed by atoms with Crippen LogP contribution < -0.4 is 19.5 Å². The molecule has 2 aliphatic rings. The van der Waals surface area contributed by atoms with Gasteiger partial charge in [0.05, 0.1) is 35.9 Å². The van der Waals surface area contributed by atoms with Gasteiger partial charge in [0.1, 0.15) is 5.75 Å². The number of carbonyl (C=O) groups is 1. The number of carbonyl (C=O) groups excluding carboxylic acids is 1. The maximum Gasteiger partial charge on any atom is 0.255 e. The van der Waals surface area contributed by atoms with Gasteiger partial charge in [0, 0.05) is 25.1 Å². The van der Waals surface area contributed by atoms with Crippen molar-refractivity contribution in [3.05, 3.63) is 40.9 Å². The summed E-state index contributed by atoms with van der Waals surface area (Å²) in [5, 5.41) is 3.01. The number of benzene rings is 2. The third kappa shape index (κ3) is 4.65. The SMILES string of the molecule is COc1ccc(S(=O)(=O)N2CCCCC2)cc1NC(=O)c1cc(Cl)c2c(c1)OCCCO2. The van der Waals surface area contributed by atoms with Gasteiger partial charge in [-0.1, -0.05) is 18.0 Å². The number of methoxy groups -OCH3 is 1. The molecule has 0 radical (unpaired) electrons. The van der Waals surface area contributed by atoms with Crippen LogP contribution >= 0.6 is 11.6 Å². The molecule has 32 heavy (non-hydrogen) atoms. The van der Waals surface area contributed by atoms with E-state index in [1.54, 1.807) is 6.07 Å². The highest BCUT2D eigenvalue weighted by Gasteiger charge is 2.27. The largest absolute Gasteiger partial charge is 0.495 e. The van der Waals surface area contributed by atoms with Crippen LogP contribution in [0.3, 0.4) is 0 Å². The lowest BCUT2D eigenvalue weighted by atomic mass is 10.1. The van der Waals surface area contributed by atoms with Gasteiger partial charge >= 0.3 is 0 Å². The first-order chi connectivity index (χ1) is 15.4. The minimum absolute atomic E-state index is 0.104. The first-order valence-electron chi connectivity index (χ1n) is 10.5. The molecule has 172 valence electrons. The highest BCUT2D eigenvalue weighted by molar-refractivity contribution is 7.89. The number of rotatable bonds is 5. The lowest BCUT2D eigenvalue weighted by Gasteiger charge is -2.26. The first-order valence-corrected chi connectivity index (χ1v) is 12.3. The van der Waals surface area contributed by atoms with E-state index in [1.807, 2.05) is 0 Å². The van der Waals surface area contributed by atoms with E-state index in [0.29, 0.717) is 50.0 Å². The van der Waals surface area contributed by atoms with E-state index in [1.165, 1.54) is 35.7 Å². The molecule has 0 aliphatic carbocycles. The average molecular weight is 481 g/mol. The monoisotopic (exact) mass is 480 g/mol. The molecule has 0 saturated carbocycles. The van der Waals surface area contributed by atoms with Crippen molar-refractivity contribution in [1.29, 1.82) is 0 Å². The van der Waals surface area contributed by atoms with E-state index in [2.05, 4.69) is 5.32 Å². The lowest BCUT2D eigenvalue weighted by Crippen LogP contribution is -2.35. The highest BCUT2D eigenvalue weighted by atomic mass is 35.5. The number of halogens is 1. The summed E-state index contributed by atoms with van der Waals surface area (Å²) in [6, 6.07) is 7.50. The normalized spacial score (nSPS) is 16.8. The molecule has 0 atom stereocenters. The Morgan fingerprint density at radius 3 is 2.56 bits per heavy atom. The number of fused-ring (bicyclic) bond motifs is 1. The number of sulfonamides is 1. The highest BCUT2D eigenvalue weighted by Crippen LogP contribution is 2.38. The molecule has 2 aromatic carbocycles. The van der Waals surface area contributed by atoms with Gasteiger partial charge in [-0.2, -0.15) is 4.31 Å². The Labute approximate surface area is 192 Å². The van der Waals surface area contributed by atoms with Crippen molar-refractivity contribution in [2.24, 2.45) is 0 Å². The van der Waals surface area contributed by atoms with Crippen LogP contribution in [0.5, 0.6) is 17.2 Å². The summed E-state index contributed by atoms with van der Waals surface area (Å²) in [4.78, 5) is 13.1. The smallest absolute Gasteiger partial charge is 0.255 e. The summed E-state index contributed by atoms with van der Waals surface area (Å²) in [5.74, 6) is 0.672. The Balaban J connectivity index is 1.62. The third-order valence-corrected chi connectivity index (χ3v) is 7.61. The first kappa shape index (κ1) is 22.7. The Bertz CT molecular complexity index is 1120. The summed E-state index contributed by atoms with van der Waals surface area (Å²) in [7, 11) is -2.21. The van der Waals surface area contributed by atoms with Gasteiger partial charge in [-0.25, -0.2) is 8.42 Å². The van der Waals surface area contributed by atoms with E-state index < -0.39 is 15.9 Å². The van der Waals surface area contributed by atoms with Crippen molar-refractivity contribution in [2.75, 3.05) is 38.7 Å². The van der Waals surface area contributed by atoms with Crippen molar-refractivity contribution >= 4 is 33.2 Å². The number of piperidine rings is 1. The number of hydrogen-bond acceptors (Lipinski definition) is 6. The van der Waals surface area contributed by atoms with E-state index in [9.17, 15) is 13.2 Å². The molecule has 8 nitrogen and oxygen atoms in total. The predicted octanol–water partition coefficient (Wildman–Crippen LogP) is 3.94. The van der Waals surface area contributed by atoms with Crippen molar-refractivity contribution in [2.45, 2.75) is 30.6 Å². The standard InChI is InChI=1S/C22H25ClN2O6S/c1-29-19-7-6-16(32(27,28)25-8-3-2-4-9-25)14-18(19)24-22(26)15-12-17(23)21-20(13-15)30-10-5-11-31-21/h6-7,12-14H,2-5,8-11H2,1H3,(H,24,26). The maximum absolute atomic E-state index is 13.1. The summed E-state index contributed by atoms with van der Waals surface area (Å²) in [6.45, 7) is 1.92. The second-order valence-electron chi connectivity index (χ2n) is 7.62. The van der Waals surface area contributed by atoms with Gasteiger partial charge in [0.15, 0.2) is 11.5 Å². The molecule has 1 amide bonds. The van der Waals surface area contributed by atoms with Crippen LogP contribution in [-0.4, -0.2) is 52.0 Å². The van der Waals surface area contributed by atoms with Crippen LogP contribution in [0.2, 0.25) is 5.02 Å². The summed E-state index contributed by atoms with van der Waals surface area (Å²) >= 11 is 6.30. The molecule has 2 heterocycles. The number of anilines is 1. The summed E-state index contributed by atoms with van der Waals surface area (Å²) in [5.41, 5.74) is 0.504. The van der Waals surface area contributed by atoms with Crippen LogP contribution in [0, 0.1) is 0 Å². The molecule has 4 rings (SSSR count). The third-order valence-electron chi connectivity index (χ3n) is 5.44. The minimum Gasteiger partial charge on any atom is -0.495 e. The second-order valence-corrected chi connectivity index (χ2v) is 9.96. The van der Waals surface area contributed by atoms with Gasteiger partial charge in [-0.05, 0) is 43.2 Å². The Morgan fingerprint density at radius 2 is 1.81 bits per heavy atom. The van der Waals surface area contributed by atoms with Crippen LogP contribution in [0.25, 0.3) is 0 Å². The molecule has 0 aromatic heterocycles. The number of nitrogens with zero attached hydrogens (tertiary/aromatic N) is 1. The van der Waals surface area contributed by atoms with Gasteiger partial charge in [0.2, 0.25) is 10.0 Å². The predicted molar refractivity (Wildman–Crippen MR) is 121 cm³/mol. The van der Waals surface area contributed by atoms with E-state index >= 15 is 0 Å². The van der Waals surface area contributed by atoms with Gasteiger partial charge in [0.25, 0.3) is 5.91 Å². The van der Waals surface area contributed by atoms with Crippen LogP contribution in [0.15, 0.2) is 35.2 Å². The fourth-order valence-corrected chi connectivity index (χ4v) is 5.56. The van der Waals surface area contributed by atoms with Gasteiger partial charge in [-0.3, -0.25) is 4.79 Å². The van der Waals surface area contributed by atoms with Crippen molar-refractivity contribution in [3.8, 4) is 17.2 Å². The molecule has 2 aliphatic heterocycles. The van der Waals surface area contributed by atoms with Crippen molar-refractivity contribution in [3.63, 3.8) is 0 Å². The Hall–Kier alpha value is -2.49. The summed E-state index contributed by atoms with van der Waals surface area (Å²) in [6.07, 6.45) is 3.41. The number of amides is 1. The quantitative estimate of drug-likeness (QED) is 0.696. The second kappa shape index (κ2) is 9.56. The molecule has 1 fully saturated rings. The zero-order chi connectivity index (χ0) is 22.7. The van der Waals surface area contributed by atoms with E-state index in [-0.39, 0.29) is 21.2 Å². The van der Waals surface area contributed by atoms with Crippen LogP contribution in [0.4, 0.5) is 5.69 Å². The molecule has 1 N–H and O–H groups in total. The number of nitrogens with one attached hydrogen (secondary N) is 1. The maximum atomic E-state index is 13.1. The molecule has 0 spiro atoms. The molecule has 10 heteroatoms. The molecule has 1 saturated heterocycles. The van der Waals surface area contributed by atoms with E-state index in [4.69, 9.17) is 25.8 Å². The number of ether oxygens (including phenoxy) is 3. The molecule has 0 bridgehead atoms. The minimum atomic E-state index is -3.66. The Morgan fingerprint density at radius 1 is 1.06 bits per heavy atom. The molecule has 0 unspecified atom stereocenters. The Kier molecular flexibility index (Phi) is 6.78. The fourth-order valence-electron chi connectivity index (χ4n) is 3.76. The van der Waals surface area contributed by atoms with Crippen molar-refractivity contribution in [1.82, 2.24) is 4.31 Å². The fraction of sp³-hybridized carbons (Fsp3) is 0.409. The van der Waals surface area contributed by atoms with Gasteiger partial charge < -0.3 is 19.5 Å². The zero-order valence-corrected chi connectivity index (χ0v) is 19.3. The van der Waals surface area contributed by atoms with E-state index in [0.717, 1.165) is 19.3 Å². The topological polar surface area (TPSA) is 94.2 Å². The molecular formula is C22H25ClN2O6S. The lowest BCUT2D eigenvalue weighted by molar-refractivity contribution is 0.102. The van der Waals surface area contributed by atoms with Crippen molar-refractivity contribution < 1.29 is 27.4 Å².